The van der Waals surface area contributed by atoms with Crippen molar-refractivity contribution in [3.63, 3.8) is 0 Å². The molecule has 1 aliphatic heterocycles. The summed E-state index contributed by atoms with van der Waals surface area (Å²) in [5.74, 6) is -0.930. The average Bonchev–Trinajstić information content (AvgIpc) is 2.83. The Morgan fingerprint density at radius 2 is 2.35 bits per heavy atom. The molecule has 1 N–H and O–H groups in total. The molecule has 2 rings (SSSR count). The first-order valence-electron chi connectivity index (χ1n) is 5.11. The standard InChI is InChI=1S/C10H12N2O4S/c1-5-3-8(16-11-5)9(13)12-6(2)17-4-7(12)10(14)15/h3,6-7H,4H2,1-2H3,(H,14,15). The molecule has 92 valence electrons. The Morgan fingerprint density at radius 1 is 1.65 bits per heavy atom. The van der Waals surface area contributed by atoms with Crippen LogP contribution in [0.1, 0.15) is 23.2 Å². The van der Waals surface area contributed by atoms with E-state index in [0.29, 0.717) is 11.4 Å². The van der Waals surface area contributed by atoms with Gasteiger partial charge in [-0.05, 0) is 13.8 Å². The van der Waals surface area contributed by atoms with E-state index in [2.05, 4.69) is 5.16 Å². The maximum Gasteiger partial charge on any atom is 0.327 e. The Balaban J connectivity index is 2.25. The van der Waals surface area contributed by atoms with Crippen molar-refractivity contribution in [1.82, 2.24) is 10.1 Å². The number of amides is 1. The lowest BCUT2D eigenvalue weighted by Crippen LogP contribution is -2.44. The summed E-state index contributed by atoms with van der Waals surface area (Å²) in [4.78, 5) is 24.5. The number of carboxylic acids is 1. The van der Waals surface area contributed by atoms with Crippen molar-refractivity contribution >= 4 is 23.6 Å². The van der Waals surface area contributed by atoms with E-state index in [0.717, 1.165) is 0 Å². The third kappa shape index (κ3) is 2.14. The minimum absolute atomic E-state index is 0.0862. The first kappa shape index (κ1) is 12.0. The van der Waals surface area contributed by atoms with Crippen molar-refractivity contribution in [2.45, 2.75) is 25.3 Å². The molecule has 0 spiro atoms. The number of carbonyl (C=O) groups excluding carboxylic acids is 1. The molecule has 1 fully saturated rings. The van der Waals surface area contributed by atoms with Gasteiger partial charge in [0.25, 0.3) is 5.91 Å². The van der Waals surface area contributed by atoms with Gasteiger partial charge in [0.2, 0.25) is 5.76 Å². The normalized spacial score (nSPS) is 24.0. The molecule has 1 saturated heterocycles. The van der Waals surface area contributed by atoms with Crippen molar-refractivity contribution in [2.75, 3.05) is 5.75 Å². The van der Waals surface area contributed by atoms with Gasteiger partial charge in [0.1, 0.15) is 6.04 Å². The lowest BCUT2D eigenvalue weighted by molar-refractivity contribution is -0.141. The number of carboxylic acid groups (broad SMARTS) is 1. The number of aliphatic carboxylic acids is 1. The van der Waals surface area contributed by atoms with Crippen molar-refractivity contribution in [1.29, 1.82) is 0 Å². The molecule has 0 bridgehead atoms. The third-order valence-electron chi connectivity index (χ3n) is 2.58. The second-order valence-corrected chi connectivity index (χ2v) is 5.18. The van der Waals surface area contributed by atoms with E-state index in [4.69, 9.17) is 9.63 Å². The first-order chi connectivity index (χ1) is 8.00. The monoisotopic (exact) mass is 256 g/mol. The molecule has 1 aromatic heterocycles. The molecule has 6 nitrogen and oxygen atoms in total. The molecule has 0 radical (unpaired) electrons. The zero-order chi connectivity index (χ0) is 12.6. The second-order valence-electron chi connectivity index (χ2n) is 3.83. The summed E-state index contributed by atoms with van der Waals surface area (Å²) in [6.45, 7) is 3.51. The van der Waals surface area contributed by atoms with Gasteiger partial charge in [0, 0.05) is 11.8 Å². The van der Waals surface area contributed by atoms with Gasteiger partial charge >= 0.3 is 5.97 Å². The first-order valence-corrected chi connectivity index (χ1v) is 6.16. The molecular weight excluding hydrogens is 244 g/mol. The minimum Gasteiger partial charge on any atom is -0.480 e. The zero-order valence-electron chi connectivity index (χ0n) is 9.41. The van der Waals surface area contributed by atoms with Crippen LogP contribution >= 0.6 is 11.8 Å². The topological polar surface area (TPSA) is 83.6 Å². The zero-order valence-corrected chi connectivity index (χ0v) is 10.2. The third-order valence-corrected chi connectivity index (χ3v) is 3.80. The lowest BCUT2D eigenvalue weighted by Gasteiger charge is -2.23. The van der Waals surface area contributed by atoms with Crippen LogP contribution in [0.4, 0.5) is 0 Å². The van der Waals surface area contributed by atoms with Crippen molar-refractivity contribution in [3.8, 4) is 0 Å². The van der Waals surface area contributed by atoms with Gasteiger partial charge in [-0.15, -0.1) is 11.8 Å². The fourth-order valence-electron chi connectivity index (χ4n) is 1.73. The van der Waals surface area contributed by atoms with Crippen molar-refractivity contribution in [2.24, 2.45) is 0 Å². The molecule has 2 atom stereocenters. The van der Waals surface area contributed by atoms with Crippen LogP contribution in [0.2, 0.25) is 0 Å². The minimum atomic E-state index is -0.994. The SMILES string of the molecule is Cc1cc(C(=O)N2C(C)SCC2C(=O)O)on1. The van der Waals surface area contributed by atoms with E-state index < -0.39 is 17.9 Å². The van der Waals surface area contributed by atoms with Gasteiger partial charge in [-0.1, -0.05) is 5.16 Å². The predicted molar refractivity (Wildman–Crippen MR) is 60.8 cm³/mol. The molecule has 1 aromatic rings. The average molecular weight is 256 g/mol. The number of nitrogens with zero attached hydrogens (tertiary/aromatic N) is 2. The van der Waals surface area contributed by atoms with Crippen LogP contribution in [0.3, 0.4) is 0 Å². The highest BCUT2D eigenvalue weighted by atomic mass is 32.2. The number of rotatable bonds is 2. The fourth-order valence-corrected chi connectivity index (χ4v) is 2.90. The summed E-state index contributed by atoms with van der Waals surface area (Å²) in [5, 5.41) is 12.5. The molecule has 7 heteroatoms. The molecule has 1 amide bonds. The summed E-state index contributed by atoms with van der Waals surface area (Å²) < 4.78 is 4.87. The summed E-state index contributed by atoms with van der Waals surface area (Å²) in [5.41, 5.74) is 0.597. The number of aromatic nitrogens is 1. The summed E-state index contributed by atoms with van der Waals surface area (Å²) in [6, 6.07) is 0.713. The Bertz CT molecular complexity index is 459. The molecule has 17 heavy (non-hydrogen) atoms. The van der Waals surface area contributed by atoms with Crippen molar-refractivity contribution in [3.05, 3.63) is 17.5 Å². The largest absolute Gasteiger partial charge is 0.480 e. The maximum absolute atomic E-state index is 12.1. The number of hydrogen-bond acceptors (Lipinski definition) is 5. The lowest BCUT2D eigenvalue weighted by atomic mass is 10.2. The number of hydrogen-bond donors (Lipinski definition) is 1. The van der Waals surface area contributed by atoms with E-state index in [9.17, 15) is 9.59 Å². The quantitative estimate of drug-likeness (QED) is 0.848. The van der Waals surface area contributed by atoms with Crippen LogP contribution in [0.15, 0.2) is 10.6 Å². The second kappa shape index (κ2) is 4.40. The molecule has 2 unspecified atom stereocenters. The van der Waals surface area contributed by atoms with E-state index in [1.165, 1.54) is 22.7 Å². The predicted octanol–water partition coefficient (Wildman–Crippen LogP) is 0.971. The fraction of sp³-hybridized carbons (Fsp3) is 0.500. The van der Waals surface area contributed by atoms with Crippen LogP contribution in [0.25, 0.3) is 0 Å². The number of thioether (sulfide) groups is 1. The van der Waals surface area contributed by atoms with Gasteiger partial charge in [-0.25, -0.2) is 4.79 Å². The van der Waals surface area contributed by atoms with Gasteiger partial charge in [-0.3, -0.25) is 4.79 Å². The number of aryl methyl sites for hydroxylation is 1. The summed E-state index contributed by atoms with van der Waals surface area (Å²) in [6.07, 6.45) is 0. The van der Waals surface area contributed by atoms with E-state index >= 15 is 0 Å². The molecular formula is C10H12N2O4S. The maximum atomic E-state index is 12.1. The van der Waals surface area contributed by atoms with Crippen LogP contribution < -0.4 is 0 Å². The Morgan fingerprint density at radius 3 is 2.88 bits per heavy atom. The highest BCUT2D eigenvalue weighted by Crippen LogP contribution is 2.30. The molecule has 0 aliphatic carbocycles. The molecule has 0 saturated carbocycles. The Labute approximate surface area is 102 Å². The van der Waals surface area contributed by atoms with Crippen LogP contribution in [-0.2, 0) is 4.79 Å². The van der Waals surface area contributed by atoms with Gasteiger partial charge in [0.05, 0.1) is 11.1 Å². The summed E-state index contributed by atoms with van der Waals surface area (Å²) >= 11 is 1.43. The van der Waals surface area contributed by atoms with E-state index in [1.807, 2.05) is 0 Å². The molecule has 1 aliphatic rings. The highest BCUT2D eigenvalue weighted by Gasteiger charge is 2.40. The molecule has 0 aromatic carbocycles. The highest BCUT2D eigenvalue weighted by molar-refractivity contribution is 8.00. The van der Waals surface area contributed by atoms with Crippen molar-refractivity contribution < 1.29 is 19.2 Å². The van der Waals surface area contributed by atoms with E-state index in [1.54, 1.807) is 13.8 Å². The van der Waals surface area contributed by atoms with Gasteiger partial charge in [0.15, 0.2) is 0 Å². The smallest absolute Gasteiger partial charge is 0.327 e. The number of carbonyl (C=O) groups is 2. The van der Waals surface area contributed by atoms with Crippen LogP contribution in [-0.4, -0.2) is 44.2 Å². The Hall–Kier alpha value is -1.50. The van der Waals surface area contributed by atoms with Crippen LogP contribution in [0.5, 0.6) is 0 Å². The van der Waals surface area contributed by atoms with Crippen LogP contribution in [0, 0.1) is 6.92 Å². The van der Waals surface area contributed by atoms with Gasteiger partial charge in [-0.2, -0.15) is 0 Å². The Kier molecular flexibility index (Phi) is 3.10. The molecule has 2 heterocycles. The summed E-state index contributed by atoms with van der Waals surface area (Å²) in [7, 11) is 0. The van der Waals surface area contributed by atoms with Gasteiger partial charge < -0.3 is 14.5 Å². The van der Waals surface area contributed by atoms with E-state index in [-0.39, 0.29) is 11.1 Å².